The van der Waals surface area contributed by atoms with Crippen LogP contribution in [0.3, 0.4) is 0 Å². The summed E-state index contributed by atoms with van der Waals surface area (Å²) >= 11 is 0. The van der Waals surface area contributed by atoms with Crippen molar-refractivity contribution in [3.05, 3.63) is 36.4 Å². The fourth-order valence-electron chi connectivity index (χ4n) is 4.87. The molecular formula is C20H20O5. The molecule has 130 valence electrons. The standard InChI is InChI=1S/C20H20O5/c21-12-7-8-14(23)19-18(12)13(22)9-10-20(19)24-15-5-1-3-11-4-2-6-16(25-20)17(11)15/h1-6,12,14,18-19,21,23H,7-10H2. The average molecular weight is 340 g/mol. The molecule has 0 bridgehead atoms. The highest BCUT2D eigenvalue weighted by Gasteiger charge is 2.60. The number of ketones is 1. The van der Waals surface area contributed by atoms with Crippen molar-refractivity contribution in [3.63, 3.8) is 0 Å². The fourth-order valence-corrected chi connectivity index (χ4v) is 4.87. The van der Waals surface area contributed by atoms with Gasteiger partial charge < -0.3 is 19.7 Å². The smallest absolute Gasteiger partial charge is 0.257 e. The normalized spacial score (nSPS) is 32.8. The number of aliphatic hydroxyl groups excluding tert-OH is 2. The van der Waals surface area contributed by atoms with Gasteiger partial charge in [0, 0.05) is 12.8 Å². The number of carbonyl (C=O) groups is 1. The lowest BCUT2D eigenvalue weighted by Gasteiger charge is -2.52. The largest absolute Gasteiger partial charge is 0.451 e. The van der Waals surface area contributed by atoms with E-state index in [4.69, 9.17) is 9.47 Å². The number of ether oxygens (including phenoxy) is 2. The first-order chi connectivity index (χ1) is 12.1. The highest BCUT2D eigenvalue weighted by atomic mass is 16.7. The number of carbonyl (C=O) groups excluding carboxylic acids is 1. The molecule has 2 aliphatic carbocycles. The van der Waals surface area contributed by atoms with Crippen LogP contribution in [0.4, 0.5) is 0 Å². The van der Waals surface area contributed by atoms with Crippen molar-refractivity contribution in [2.24, 2.45) is 11.8 Å². The molecule has 4 atom stereocenters. The Kier molecular flexibility index (Phi) is 3.15. The van der Waals surface area contributed by atoms with Crippen LogP contribution in [0, 0.1) is 11.8 Å². The van der Waals surface area contributed by atoms with Crippen LogP contribution in [-0.2, 0) is 4.79 Å². The van der Waals surface area contributed by atoms with Gasteiger partial charge in [-0.1, -0.05) is 24.3 Å². The lowest BCUT2D eigenvalue weighted by Crippen LogP contribution is -2.64. The number of Topliss-reactive ketones (excluding diaryl/α,β-unsaturated/α-hetero) is 1. The van der Waals surface area contributed by atoms with Crippen LogP contribution in [0.15, 0.2) is 36.4 Å². The number of aliphatic hydroxyl groups is 2. The average Bonchev–Trinajstić information content (AvgIpc) is 2.61. The van der Waals surface area contributed by atoms with Crippen LogP contribution in [0.1, 0.15) is 25.7 Å². The zero-order valence-electron chi connectivity index (χ0n) is 13.7. The zero-order chi connectivity index (χ0) is 17.2. The maximum absolute atomic E-state index is 12.5. The third kappa shape index (κ3) is 2.06. The van der Waals surface area contributed by atoms with E-state index in [0.717, 1.165) is 10.8 Å². The minimum Gasteiger partial charge on any atom is -0.451 e. The van der Waals surface area contributed by atoms with Crippen LogP contribution in [0.2, 0.25) is 0 Å². The molecule has 1 spiro atoms. The molecule has 4 unspecified atom stereocenters. The fraction of sp³-hybridized carbons (Fsp3) is 0.450. The molecule has 0 amide bonds. The first kappa shape index (κ1) is 15.2. The van der Waals surface area contributed by atoms with Crippen molar-refractivity contribution in [1.82, 2.24) is 0 Å². The summed E-state index contributed by atoms with van der Waals surface area (Å²) in [6.45, 7) is 0. The Morgan fingerprint density at radius 3 is 2.28 bits per heavy atom. The lowest BCUT2D eigenvalue weighted by atomic mass is 9.64. The van der Waals surface area contributed by atoms with Gasteiger partial charge in [0.05, 0.1) is 29.4 Å². The Bertz CT molecular complexity index is 820. The molecule has 3 aliphatic rings. The van der Waals surface area contributed by atoms with Crippen LogP contribution in [0.25, 0.3) is 10.8 Å². The van der Waals surface area contributed by atoms with Crippen LogP contribution in [-0.4, -0.2) is 34.0 Å². The van der Waals surface area contributed by atoms with Gasteiger partial charge in [0.15, 0.2) is 0 Å². The van der Waals surface area contributed by atoms with Crippen molar-refractivity contribution in [2.75, 3.05) is 0 Å². The Morgan fingerprint density at radius 1 is 0.960 bits per heavy atom. The number of hydrogen-bond donors (Lipinski definition) is 2. The van der Waals surface area contributed by atoms with Crippen molar-refractivity contribution >= 4 is 16.6 Å². The number of fused-ring (bicyclic) bond motifs is 2. The maximum atomic E-state index is 12.5. The SMILES string of the molecule is O=C1CCC2(Oc3cccc4cccc(c34)O2)C2C(O)CCC(O)C12. The van der Waals surface area contributed by atoms with E-state index in [9.17, 15) is 15.0 Å². The summed E-state index contributed by atoms with van der Waals surface area (Å²) in [6.07, 6.45) is 0.0389. The van der Waals surface area contributed by atoms with Gasteiger partial charge in [-0.05, 0) is 30.4 Å². The van der Waals surface area contributed by atoms with Gasteiger partial charge in [0.2, 0.25) is 0 Å². The molecular weight excluding hydrogens is 320 g/mol. The molecule has 2 aromatic rings. The minimum absolute atomic E-state index is 0.00820. The van der Waals surface area contributed by atoms with E-state index >= 15 is 0 Å². The monoisotopic (exact) mass is 340 g/mol. The molecule has 2 saturated carbocycles. The van der Waals surface area contributed by atoms with Crippen molar-refractivity contribution < 1.29 is 24.5 Å². The predicted octanol–water partition coefficient (Wildman–Crippen LogP) is 2.42. The number of hydrogen-bond acceptors (Lipinski definition) is 5. The Labute approximate surface area is 145 Å². The summed E-state index contributed by atoms with van der Waals surface area (Å²) < 4.78 is 12.6. The molecule has 1 heterocycles. The molecule has 2 fully saturated rings. The lowest BCUT2D eigenvalue weighted by molar-refractivity contribution is -0.236. The van der Waals surface area contributed by atoms with Crippen LogP contribution < -0.4 is 9.47 Å². The second-order valence-corrected chi connectivity index (χ2v) is 7.36. The first-order valence-corrected chi connectivity index (χ1v) is 8.88. The molecule has 1 aliphatic heterocycles. The first-order valence-electron chi connectivity index (χ1n) is 8.88. The summed E-state index contributed by atoms with van der Waals surface area (Å²) in [4.78, 5) is 12.5. The highest BCUT2D eigenvalue weighted by Crippen LogP contribution is 2.52. The number of rotatable bonds is 0. The van der Waals surface area contributed by atoms with Crippen LogP contribution >= 0.6 is 0 Å². The van der Waals surface area contributed by atoms with Crippen molar-refractivity contribution in [3.8, 4) is 11.5 Å². The summed E-state index contributed by atoms with van der Waals surface area (Å²) in [6, 6.07) is 11.6. The topological polar surface area (TPSA) is 76.0 Å². The van der Waals surface area contributed by atoms with Gasteiger partial charge in [-0.15, -0.1) is 0 Å². The molecule has 0 saturated heterocycles. The van der Waals surface area contributed by atoms with E-state index in [0.29, 0.717) is 30.8 Å². The zero-order valence-corrected chi connectivity index (χ0v) is 13.7. The molecule has 0 aromatic heterocycles. The van der Waals surface area contributed by atoms with E-state index in [1.165, 1.54) is 0 Å². The maximum Gasteiger partial charge on any atom is 0.257 e. The second-order valence-electron chi connectivity index (χ2n) is 7.36. The highest BCUT2D eigenvalue weighted by molar-refractivity contribution is 5.94. The van der Waals surface area contributed by atoms with Gasteiger partial charge in [-0.25, -0.2) is 0 Å². The van der Waals surface area contributed by atoms with Gasteiger partial charge in [-0.2, -0.15) is 0 Å². The minimum atomic E-state index is -1.11. The van der Waals surface area contributed by atoms with E-state index in [-0.39, 0.29) is 12.2 Å². The Hall–Kier alpha value is -2.11. The molecule has 5 rings (SSSR count). The number of benzene rings is 2. The van der Waals surface area contributed by atoms with Gasteiger partial charge in [-0.3, -0.25) is 4.79 Å². The van der Waals surface area contributed by atoms with Crippen LogP contribution in [0.5, 0.6) is 11.5 Å². The third-order valence-corrected chi connectivity index (χ3v) is 5.97. The Morgan fingerprint density at radius 2 is 1.60 bits per heavy atom. The summed E-state index contributed by atoms with van der Waals surface area (Å²) in [5, 5.41) is 23.0. The van der Waals surface area contributed by atoms with Gasteiger partial charge in [0.1, 0.15) is 17.3 Å². The predicted molar refractivity (Wildman–Crippen MR) is 90.4 cm³/mol. The molecule has 0 radical (unpaired) electrons. The molecule has 2 N–H and O–H groups in total. The summed E-state index contributed by atoms with van der Waals surface area (Å²) in [5.74, 6) is -0.907. The van der Waals surface area contributed by atoms with E-state index in [2.05, 4.69) is 0 Å². The van der Waals surface area contributed by atoms with Crippen molar-refractivity contribution in [1.29, 1.82) is 0 Å². The molecule has 25 heavy (non-hydrogen) atoms. The molecule has 5 heteroatoms. The molecule has 2 aromatic carbocycles. The second kappa shape index (κ2) is 5.19. The third-order valence-electron chi connectivity index (χ3n) is 5.97. The van der Waals surface area contributed by atoms with E-state index in [1.807, 2.05) is 36.4 Å². The Balaban J connectivity index is 1.65. The van der Waals surface area contributed by atoms with Gasteiger partial charge >= 0.3 is 0 Å². The van der Waals surface area contributed by atoms with E-state index < -0.39 is 29.8 Å². The van der Waals surface area contributed by atoms with E-state index in [1.54, 1.807) is 0 Å². The van der Waals surface area contributed by atoms with Gasteiger partial charge in [0.25, 0.3) is 5.79 Å². The summed E-state index contributed by atoms with van der Waals surface area (Å²) in [5.41, 5.74) is 0. The van der Waals surface area contributed by atoms with Crippen molar-refractivity contribution in [2.45, 2.75) is 43.7 Å². The molecule has 5 nitrogen and oxygen atoms in total. The summed E-state index contributed by atoms with van der Waals surface area (Å²) in [7, 11) is 0. The quantitative estimate of drug-likeness (QED) is 0.770.